The molecule has 0 fully saturated rings. The van der Waals surface area contributed by atoms with Gasteiger partial charge in [0.2, 0.25) is 0 Å². The van der Waals surface area contributed by atoms with Crippen LogP contribution in [0.25, 0.3) is 10.1 Å². The molecule has 0 aliphatic rings. The van der Waals surface area contributed by atoms with Crippen LogP contribution in [0.15, 0.2) is 40.8 Å². The predicted molar refractivity (Wildman–Crippen MR) is 79.4 cm³/mol. The Morgan fingerprint density at radius 2 is 2.16 bits per heavy atom. The van der Waals surface area contributed by atoms with Gasteiger partial charge >= 0.3 is 0 Å². The van der Waals surface area contributed by atoms with Crippen LogP contribution in [0, 0.1) is 0 Å². The summed E-state index contributed by atoms with van der Waals surface area (Å²) in [7, 11) is 0. The fourth-order valence-corrected chi connectivity index (χ4v) is 3.07. The van der Waals surface area contributed by atoms with E-state index in [0.29, 0.717) is 16.7 Å². The molecule has 96 valence electrons. The highest BCUT2D eigenvalue weighted by molar-refractivity contribution is 7.17. The van der Waals surface area contributed by atoms with Crippen molar-refractivity contribution in [2.24, 2.45) is 0 Å². The Hall–Kier alpha value is -1.36. The molecular weight excluding hydrogens is 303 g/mol. The highest BCUT2D eigenvalue weighted by atomic mass is 35.5. The highest BCUT2D eigenvalue weighted by Gasteiger charge is 2.07. The Morgan fingerprint density at radius 1 is 1.32 bits per heavy atom. The van der Waals surface area contributed by atoms with Gasteiger partial charge in [0.15, 0.2) is 0 Å². The number of thiophene rings is 1. The summed E-state index contributed by atoms with van der Waals surface area (Å²) in [6, 6.07) is 5.34. The van der Waals surface area contributed by atoms with E-state index in [1.165, 1.54) is 0 Å². The summed E-state index contributed by atoms with van der Waals surface area (Å²) in [5.74, 6) is 0. The summed E-state index contributed by atoms with van der Waals surface area (Å²) in [5, 5.41) is 3.49. The van der Waals surface area contributed by atoms with Crippen molar-refractivity contribution in [1.29, 1.82) is 0 Å². The summed E-state index contributed by atoms with van der Waals surface area (Å²) in [4.78, 5) is 16.2. The number of pyridine rings is 2. The van der Waals surface area contributed by atoms with E-state index in [4.69, 9.17) is 23.2 Å². The van der Waals surface area contributed by atoms with Gasteiger partial charge < -0.3 is 4.57 Å². The van der Waals surface area contributed by atoms with E-state index in [2.05, 4.69) is 4.98 Å². The van der Waals surface area contributed by atoms with Crippen LogP contribution in [0.5, 0.6) is 0 Å². The minimum atomic E-state index is -0.0234. The molecule has 0 bridgehead atoms. The lowest BCUT2D eigenvalue weighted by Gasteiger charge is -2.07. The van der Waals surface area contributed by atoms with Gasteiger partial charge in [-0.1, -0.05) is 23.2 Å². The average molecular weight is 311 g/mol. The fraction of sp³-hybridized carbons (Fsp3) is 0.0769. The van der Waals surface area contributed by atoms with Crippen molar-refractivity contribution in [3.05, 3.63) is 62.1 Å². The van der Waals surface area contributed by atoms with E-state index in [1.807, 2.05) is 17.5 Å². The van der Waals surface area contributed by atoms with Gasteiger partial charge in [-0.15, -0.1) is 11.3 Å². The molecule has 0 unspecified atom stereocenters. The third kappa shape index (κ3) is 2.39. The first-order chi connectivity index (χ1) is 9.15. The monoisotopic (exact) mass is 310 g/mol. The van der Waals surface area contributed by atoms with Crippen LogP contribution in [0.4, 0.5) is 0 Å². The largest absolute Gasteiger partial charge is 0.310 e. The third-order valence-corrected chi connectivity index (χ3v) is 4.27. The van der Waals surface area contributed by atoms with E-state index < -0.39 is 0 Å². The first-order valence-corrected chi connectivity index (χ1v) is 7.15. The van der Waals surface area contributed by atoms with Crippen molar-refractivity contribution in [1.82, 2.24) is 9.55 Å². The molecule has 0 atom stereocenters. The maximum absolute atomic E-state index is 12.3. The Balaban J connectivity index is 2.05. The molecule has 0 aliphatic carbocycles. The Morgan fingerprint density at radius 3 is 2.95 bits per heavy atom. The van der Waals surface area contributed by atoms with Crippen molar-refractivity contribution >= 4 is 44.6 Å². The van der Waals surface area contributed by atoms with Crippen molar-refractivity contribution in [2.75, 3.05) is 0 Å². The molecule has 6 heteroatoms. The van der Waals surface area contributed by atoms with Gasteiger partial charge in [0.05, 0.1) is 17.0 Å². The van der Waals surface area contributed by atoms with Gasteiger partial charge in [0, 0.05) is 22.7 Å². The molecule has 3 heterocycles. The molecule has 0 saturated carbocycles. The summed E-state index contributed by atoms with van der Waals surface area (Å²) in [6.45, 7) is 0.383. The average Bonchev–Trinajstić information content (AvgIpc) is 2.85. The van der Waals surface area contributed by atoms with Gasteiger partial charge in [-0.3, -0.25) is 4.79 Å². The quantitative estimate of drug-likeness (QED) is 0.675. The summed E-state index contributed by atoms with van der Waals surface area (Å²) in [6.07, 6.45) is 3.36. The van der Waals surface area contributed by atoms with Gasteiger partial charge in [0.1, 0.15) is 5.15 Å². The molecule has 3 aromatic rings. The number of fused-ring (bicyclic) bond motifs is 1. The zero-order valence-electron chi connectivity index (χ0n) is 9.64. The second-order valence-corrected chi connectivity index (χ2v) is 5.79. The topological polar surface area (TPSA) is 34.9 Å². The van der Waals surface area contributed by atoms with Crippen molar-refractivity contribution < 1.29 is 0 Å². The van der Waals surface area contributed by atoms with E-state index >= 15 is 0 Å². The van der Waals surface area contributed by atoms with Crippen molar-refractivity contribution in [3.8, 4) is 0 Å². The van der Waals surface area contributed by atoms with Crippen molar-refractivity contribution in [2.45, 2.75) is 6.54 Å². The number of nitrogens with zero attached hydrogens (tertiary/aromatic N) is 2. The lowest BCUT2D eigenvalue weighted by Crippen LogP contribution is -2.19. The van der Waals surface area contributed by atoms with Crippen LogP contribution in [0.1, 0.15) is 5.56 Å². The van der Waals surface area contributed by atoms with E-state index in [9.17, 15) is 4.79 Å². The maximum atomic E-state index is 12.3. The number of rotatable bonds is 2. The first kappa shape index (κ1) is 12.7. The second-order valence-electron chi connectivity index (χ2n) is 4.05. The number of aromatic nitrogens is 2. The molecule has 3 rings (SSSR count). The third-order valence-electron chi connectivity index (χ3n) is 2.83. The number of halogens is 2. The maximum Gasteiger partial charge on any atom is 0.259 e. The van der Waals surface area contributed by atoms with E-state index in [0.717, 1.165) is 15.6 Å². The predicted octanol–water partition coefficient (Wildman–Crippen LogP) is 3.81. The normalized spacial score (nSPS) is 11.1. The molecule has 19 heavy (non-hydrogen) atoms. The minimum Gasteiger partial charge on any atom is -0.310 e. The van der Waals surface area contributed by atoms with E-state index in [-0.39, 0.29) is 5.56 Å². The van der Waals surface area contributed by atoms with Crippen LogP contribution in [0.3, 0.4) is 0 Å². The SMILES string of the molecule is O=c1c2ccsc2ccn1Cc1cnc(Cl)cc1Cl. The molecule has 0 spiro atoms. The molecule has 3 nitrogen and oxygen atoms in total. The molecule has 0 aromatic carbocycles. The smallest absolute Gasteiger partial charge is 0.259 e. The lowest BCUT2D eigenvalue weighted by atomic mass is 10.2. The summed E-state index contributed by atoms with van der Waals surface area (Å²) >= 11 is 13.4. The zero-order valence-corrected chi connectivity index (χ0v) is 12.0. The molecule has 0 amide bonds. The molecular formula is C13H8Cl2N2OS. The minimum absolute atomic E-state index is 0.0234. The second kappa shape index (κ2) is 4.96. The lowest BCUT2D eigenvalue weighted by molar-refractivity contribution is 0.765. The molecule has 0 aliphatic heterocycles. The standard InChI is InChI=1S/C13H8Cl2N2OS/c14-10-5-12(15)16-6-8(10)7-17-3-1-11-9(13(17)18)2-4-19-11/h1-6H,7H2. The Labute approximate surface area is 123 Å². The van der Waals surface area contributed by atoms with Crippen LogP contribution < -0.4 is 5.56 Å². The first-order valence-electron chi connectivity index (χ1n) is 5.52. The molecule has 0 saturated heterocycles. The van der Waals surface area contributed by atoms with Crippen LogP contribution >= 0.6 is 34.5 Å². The number of hydrogen-bond acceptors (Lipinski definition) is 3. The van der Waals surface area contributed by atoms with Gasteiger partial charge in [-0.25, -0.2) is 4.98 Å². The van der Waals surface area contributed by atoms with Gasteiger partial charge in [0.25, 0.3) is 5.56 Å². The van der Waals surface area contributed by atoms with E-state index in [1.54, 1.807) is 34.4 Å². The molecule has 0 radical (unpaired) electrons. The van der Waals surface area contributed by atoms with Crippen LogP contribution in [0.2, 0.25) is 10.2 Å². The number of hydrogen-bond donors (Lipinski definition) is 0. The van der Waals surface area contributed by atoms with Crippen LogP contribution in [-0.2, 0) is 6.54 Å². The molecule has 0 N–H and O–H groups in total. The molecule has 3 aromatic heterocycles. The summed E-state index contributed by atoms with van der Waals surface area (Å²) in [5.41, 5.74) is 0.743. The van der Waals surface area contributed by atoms with Crippen molar-refractivity contribution in [3.63, 3.8) is 0 Å². The van der Waals surface area contributed by atoms with Gasteiger partial charge in [-0.2, -0.15) is 0 Å². The Kier molecular flexibility index (Phi) is 3.31. The Bertz CT molecular complexity index is 810. The fourth-order valence-electron chi connectivity index (χ4n) is 1.87. The zero-order chi connectivity index (χ0) is 13.4. The highest BCUT2D eigenvalue weighted by Crippen LogP contribution is 2.20. The summed E-state index contributed by atoms with van der Waals surface area (Å²) < 4.78 is 2.60. The van der Waals surface area contributed by atoms with Gasteiger partial charge in [-0.05, 0) is 23.6 Å². The van der Waals surface area contributed by atoms with Crippen LogP contribution in [-0.4, -0.2) is 9.55 Å².